The molecular weight excluding hydrogens is 516 g/mol. The number of hydrogen-bond donors (Lipinski definition) is 1. The van der Waals surface area contributed by atoms with Gasteiger partial charge < -0.3 is 18.8 Å². The molecule has 4 aromatic rings. The van der Waals surface area contributed by atoms with Crippen molar-refractivity contribution >= 4 is 51.7 Å². The highest BCUT2D eigenvalue weighted by molar-refractivity contribution is 7.17. The lowest BCUT2D eigenvalue weighted by molar-refractivity contribution is -0.125. The Balaban J connectivity index is 1.30. The Kier molecular flexibility index (Phi) is 6.10. The van der Waals surface area contributed by atoms with Gasteiger partial charge >= 0.3 is 0 Å². The van der Waals surface area contributed by atoms with Crippen molar-refractivity contribution in [3.8, 4) is 10.6 Å². The highest BCUT2D eigenvalue weighted by Gasteiger charge is 2.50. The summed E-state index contributed by atoms with van der Waals surface area (Å²) in [6, 6.07) is 9.42. The molecule has 1 aliphatic carbocycles. The summed E-state index contributed by atoms with van der Waals surface area (Å²) in [7, 11) is 1.72. The molecule has 1 N–H and O–H groups in total. The van der Waals surface area contributed by atoms with E-state index in [1.54, 1.807) is 24.2 Å². The maximum Gasteiger partial charge on any atom is 0.268 e. The summed E-state index contributed by atoms with van der Waals surface area (Å²) in [5.74, 6) is 0.696. The zero-order chi connectivity index (χ0) is 27.3. The van der Waals surface area contributed by atoms with Gasteiger partial charge in [-0.05, 0) is 61.1 Å². The summed E-state index contributed by atoms with van der Waals surface area (Å²) in [5.41, 5.74) is 2.37. The van der Waals surface area contributed by atoms with E-state index in [1.807, 2.05) is 29.2 Å². The molecule has 3 amide bonds. The second kappa shape index (κ2) is 9.49. The first-order chi connectivity index (χ1) is 18.8. The number of amides is 3. The van der Waals surface area contributed by atoms with E-state index in [9.17, 15) is 14.4 Å². The summed E-state index contributed by atoms with van der Waals surface area (Å²) in [6.07, 6.45) is 7.06. The van der Waals surface area contributed by atoms with E-state index in [0.29, 0.717) is 22.1 Å². The monoisotopic (exact) mass is 544 g/mol. The van der Waals surface area contributed by atoms with Crippen LogP contribution < -0.4 is 10.2 Å². The van der Waals surface area contributed by atoms with Crippen LogP contribution in [0.4, 0.5) is 11.6 Å². The van der Waals surface area contributed by atoms with Crippen LogP contribution in [0.25, 0.3) is 21.7 Å². The van der Waals surface area contributed by atoms with Gasteiger partial charge in [0.15, 0.2) is 12.2 Å². The molecule has 4 heterocycles. The zero-order valence-corrected chi connectivity index (χ0v) is 22.5. The number of hydrogen-bond acceptors (Lipinski definition) is 7. The number of carbonyl (C=O) groups excluding carboxylic acids is 3. The minimum Gasteiger partial charge on any atom is -0.443 e. The van der Waals surface area contributed by atoms with Gasteiger partial charge in [0.25, 0.3) is 5.91 Å². The Bertz CT molecular complexity index is 1600. The largest absolute Gasteiger partial charge is 0.443 e. The number of imidazole rings is 1. The van der Waals surface area contributed by atoms with E-state index < -0.39 is 0 Å². The Morgan fingerprint density at radius 1 is 1.26 bits per heavy atom. The summed E-state index contributed by atoms with van der Waals surface area (Å²) in [4.78, 5) is 50.9. The number of benzene rings is 1. The highest BCUT2D eigenvalue weighted by atomic mass is 32.1. The molecule has 0 bridgehead atoms. The second-order valence-electron chi connectivity index (χ2n) is 10.3. The maximum absolute atomic E-state index is 13.3. The van der Waals surface area contributed by atoms with Crippen LogP contribution in [-0.2, 0) is 9.59 Å². The maximum atomic E-state index is 13.3. The van der Waals surface area contributed by atoms with E-state index in [4.69, 9.17) is 9.40 Å². The number of nitrogens with zero attached hydrogens (tertiary/aromatic N) is 5. The van der Waals surface area contributed by atoms with Crippen LogP contribution >= 0.6 is 11.3 Å². The van der Waals surface area contributed by atoms with Gasteiger partial charge in [0, 0.05) is 38.8 Å². The molecule has 1 spiro atoms. The third-order valence-electron chi connectivity index (χ3n) is 7.89. The predicted octanol–water partition coefficient (Wildman–Crippen LogP) is 4.73. The molecule has 2 fully saturated rings. The zero-order valence-electron chi connectivity index (χ0n) is 21.7. The number of anilines is 2. The van der Waals surface area contributed by atoms with Crippen LogP contribution in [0, 0.1) is 5.41 Å². The summed E-state index contributed by atoms with van der Waals surface area (Å²) in [6.45, 7) is 6.59. The van der Waals surface area contributed by atoms with Crippen molar-refractivity contribution in [3.05, 3.63) is 60.5 Å². The van der Waals surface area contributed by atoms with E-state index in [1.165, 1.54) is 30.7 Å². The van der Waals surface area contributed by atoms with Gasteiger partial charge in [-0.3, -0.25) is 19.7 Å². The number of fused-ring (bicyclic) bond motifs is 1. The molecule has 1 aliphatic heterocycles. The lowest BCUT2D eigenvalue weighted by atomic mass is 9.65. The van der Waals surface area contributed by atoms with Crippen molar-refractivity contribution in [2.45, 2.75) is 32.2 Å². The summed E-state index contributed by atoms with van der Waals surface area (Å²) < 4.78 is 7.46. The van der Waals surface area contributed by atoms with Gasteiger partial charge in [-0.15, -0.1) is 11.3 Å². The van der Waals surface area contributed by atoms with Crippen LogP contribution in [0.5, 0.6) is 0 Å². The number of carbonyl (C=O) groups is 3. The molecule has 1 saturated heterocycles. The number of nitrogens with one attached hydrogen (secondary N) is 1. The standard InChI is InChI=1S/C28H28N6O4S/c1-4-25(36)33-10-9-28(15-33)12-19(13-28)34-21-6-5-18(32(3)17(2)35)11-20(21)30-27(34)31-26(37)24-8-7-23(39-24)22-14-29-16-38-22/h4-8,11,14,16,19H,1,9-10,12-13,15H2,2-3H3,(H,30,31,37)/t19-,28-. The fourth-order valence-corrected chi connectivity index (χ4v) is 6.59. The lowest BCUT2D eigenvalue weighted by Gasteiger charge is -2.46. The Morgan fingerprint density at radius 3 is 2.79 bits per heavy atom. The van der Waals surface area contributed by atoms with Crippen LogP contribution in [0.2, 0.25) is 0 Å². The van der Waals surface area contributed by atoms with Gasteiger partial charge in [0.1, 0.15) is 0 Å². The number of oxazole rings is 1. The third-order valence-corrected chi connectivity index (χ3v) is 8.99. The molecule has 0 unspecified atom stereocenters. The minimum absolute atomic E-state index is 0.0286. The Morgan fingerprint density at radius 2 is 2.08 bits per heavy atom. The molecule has 2 aliphatic rings. The van der Waals surface area contributed by atoms with E-state index in [2.05, 4.69) is 21.4 Å². The average molecular weight is 545 g/mol. The molecule has 0 radical (unpaired) electrons. The van der Waals surface area contributed by atoms with Crippen molar-refractivity contribution in [2.24, 2.45) is 5.41 Å². The van der Waals surface area contributed by atoms with Crippen molar-refractivity contribution in [3.63, 3.8) is 0 Å². The number of aromatic nitrogens is 3. The number of rotatable bonds is 6. The predicted molar refractivity (Wildman–Crippen MR) is 149 cm³/mol. The summed E-state index contributed by atoms with van der Waals surface area (Å²) in [5, 5.41) is 3.03. The Hall–Kier alpha value is -4.25. The van der Waals surface area contributed by atoms with Crippen molar-refractivity contribution in [2.75, 3.05) is 30.4 Å². The van der Waals surface area contributed by atoms with Crippen LogP contribution in [0.1, 0.15) is 41.9 Å². The van der Waals surface area contributed by atoms with Crippen molar-refractivity contribution < 1.29 is 18.8 Å². The molecule has 11 heteroatoms. The molecule has 6 rings (SSSR count). The van der Waals surface area contributed by atoms with Crippen molar-refractivity contribution in [1.29, 1.82) is 0 Å². The molecular formula is C28H28N6O4S. The first-order valence-corrected chi connectivity index (χ1v) is 13.6. The normalized spacial score (nSPS) is 20.3. The molecule has 200 valence electrons. The quantitative estimate of drug-likeness (QED) is 0.351. The van der Waals surface area contributed by atoms with Gasteiger partial charge in [-0.2, -0.15) is 0 Å². The fraction of sp³-hybridized carbons (Fsp3) is 0.321. The molecule has 0 atom stereocenters. The topological polar surface area (TPSA) is 114 Å². The fourth-order valence-electron chi connectivity index (χ4n) is 5.74. The number of thiophene rings is 1. The van der Waals surface area contributed by atoms with Gasteiger partial charge in [0.2, 0.25) is 17.8 Å². The smallest absolute Gasteiger partial charge is 0.268 e. The highest BCUT2D eigenvalue weighted by Crippen LogP contribution is 2.55. The van der Waals surface area contributed by atoms with Gasteiger partial charge in [-0.25, -0.2) is 9.97 Å². The second-order valence-corrected chi connectivity index (χ2v) is 11.4. The molecule has 3 aromatic heterocycles. The third kappa shape index (κ3) is 4.42. The van der Waals surface area contributed by atoms with Crippen LogP contribution in [-0.4, -0.2) is 57.3 Å². The van der Waals surface area contributed by atoms with Gasteiger partial charge in [0.05, 0.1) is 27.0 Å². The van der Waals surface area contributed by atoms with Crippen molar-refractivity contribution in [1.82, 2.24) is 19.4 Å². The van der Waals surface area contributed by atoms with Gasteiger partial charge in [-0.1, -0.05) is 6.58 Å². The molecule has 39 heavy (non-hydrogen) atoms. The molecule has 10 nitrogen and oxygen atoms in total. The molecule has 1 saturated carbocycles. The average Bonchev–Trinajstić information content (AvgIpc) is 3.70. The first-order valence-electron chi connectivity index (χ1n) is 12.7. The first kappa shape index (κ1) is 25.1. The van der Waals surface area contributed by atoms with Crippen LogP contribution in [0.3, 0.4) is 0 Å². The van der Waals surface area contributed by atoms with E-state index >= 15 is 0 Å². The Labute approximate surface area is 228 Å². The van der Waals surface area contributed by atoms with E-state index in [0.717, 1.165) is 48.4 Å². The number of likely N-dealkylation sites (tertiary alicyclic amines) is 1. The lowest BCUT2D eigenvalue weighted by Crippen LogP contribution is -2.42. The molecule has 1 aromatic carbocycles. The summed E-state index contributed by atoms with van der Waals surface area (Å²) >= 11 is 1.32. The van der Waals surface area contributed by atoms with Crippen LogP contribution in [0.15, 0.2) is 60.0 Å². The SMILES string of the molecule is C=CC(=O)N1CC[C@]2(C1)C[C@H](n1c(NC(=O)c3ccc(-c4cnco4)s3)nc3cc(N(C)C(C)=O)ccc31)C2. The minimum atomic E-state index is -0.263. The van der Waals surface area contributed by atoms with E-state index in [-0.39, 0.29) is 29.2 Å².